The van der Waals surface area contributed by atoms with Crippen LogP contribution in [0.25, 0.3) is 0 Å². The van der Waals surface area contributed by atoms with E-state index in [0.717, 1.165) is 50.6 Å². The highest BCUT2D eigenvalue weighted by molar-refractivity contribution is 5.91. The van der Waals surface area contributed by atoms with Crippen LogP contribution >= 0.6 is 0 Å². The second-order valence-corrected chi connectivity index (χ2v) is 10.2. The van der Waals surface area contributed by atoms with Gasteiger partial charge in [-0.1, -0.05) is 18.2 Å². The van der Waals surface area contributed by atoms with Crippen LogP contribution < -0.4 is 5.32 Å². The van der Waals surface area contributed by atoms with Crippen LogP contribution in [0, 0.1) is 0 Å². The first-order valence-corrected chi connectivity index (χ1v) is 13.2. The number of nitrogens with one attached hydrogen (secondary N) is 1. The van der Waals surface area contributed by atoms with Crippen LogP contribution in [0.5, 0.6) is 0 Å². The molecule has 1 N–H and O–H groups in total. The Balaban J connectivity index is 1.00. The predicted molar refractivity (Wildman–Crippen MR) is 132 cm³/mol. The minimum Gasteiger partial charge on any atom is -0.448 e. The third kappa shape index (κ3) is 5.49. The Bertz CT molecular complexity index is 843. The fraction of sp³-hybridized carbons (Fsp3) is 0.692. The molecule has 8 nitrogen and oxygen atoms in total. The third-order valence-electron chi connectivity index (χ3n) is 8.15. The van der Waals surface area contributed by atoms with E-state index in [1.165, 1.54) is 44.3 Å². The highest BCUT2D eigenvalue weighted by Crippen LogP contribution is 2.25. The molecule has 0 aliphatic carbocycles. The first-order chi connectivity index (χ1) is 16.7. The van der Waals surface area contributed by atoms with Crippen molar-refractivity contribution in [1.82, 2.24) is 19.6 Å². The van der Waals surface area contributed by atoms with Crippen LogP contribution in [0.1, 0.15) is 44.1 Å². The van der Waals surface area contributed by atoms with E-state index in [4.69, 9.17) is 4.74 Å². The van der Waals surface area contributed by atoms with E-state index in [-0.39, 0.29) is 18.2 Å². The number of rotatable bonds is 5. The SMILES string of the molecule is O=C(OCCN1CCC(N2CCCC2)CC1)N1CCC(N2CCc3ccccc3NC2=O)CC1. The van der Waals surface area contributed by atoms with Gasteiger partial charge in [-0.2, -0.15) is 0 Å². The number of hydrogen-bond donors (Lipinski definition) is 1. The van der Waals surface area contributed by atoms with E-state index in [2.05, 4.69) is 21.2 Å². The Morgan fingerprint density at radius 3 is 2.38 bits per heavy atom. The summed E-state index contributed by atoms with van der Waals surface area (Å²) in [5.41, 5.74) is 2.09. The molecule has 4 aliphatic heterocycles. The molecular weight excluding hydrogens is 430 g/mol. The van der Waals surface area contributed by atoms with Gasteiger partial charge in [0.25, 0.3) is 0 Å². The Morgan fingerprint density at radius 1 is 0.912 bits per heavy atom. The number of para-hydroxylation sites is 1. The molecule has 4 aliphatic rings. The van der Waals surface area contributed by atoms with E-state index in [1.54, 1.807) is 4.90 Å². The molecule has 0 spiro atoms. The summed E-state index contributed by atoms with van der Waals surface area (Å²) < 4.78 is 5.62. The van der Waals surface area contributed by atoms with Crippen LogP contribution in [0.4, 0.5) is 15.3 Å². The number of hydrogen-bond acceptors (Lipinski definition) is 5. The molecule has 8 heteroatoms. The lowest BCUT2D eigenvalue weighted by molar-refractivity contribution is 0.0637. The molecule has 186 valence electrons. The summed E-state index contributed by atoms with van der Waals surface area (Å²) in [6, 6.07) is 8.90. The zero-order valence-electron chi connectivity index (χ0n) is 20.3. The number of fused-ring (bicyclic) bond motifs is 1. The maximum Gasteiger partial charge on any atom is 0.409 e. The first-order valence-electron chi connectivity index (χ1n) is 13.2. The van der Waals surface area contributed by atoms with Crippen molar-refractivity contribution >= 4 is 17.8 Å². The van der Waals surface area contributed by atoms with Gasteiger partial charge in [0.2, 0.25) is 0 Å². The number of amides is 3. The highest BCUT2D eigenvalue weighted by atomic mass is 16.6. The van der Waals surface area contributed by atoms with E-state index >= 15 is 0 Å². The highest BCUT2D eigenvalue weighted by Gasteiger charge is 2.32. The Morgan fingerprint density at radius 2 is 1.62 bits per heavy atom. The number of carbonyl (C=O) groups excluding carboxylic acids is 2. The van der Waals surface area contributed by atoms with Gasteiger partial charge in [0.1, 0.15) is 6.61 Å². The van der Waals surface area contributed by atoms with E-state index < -0.39 is 0 Å². The van der Waals surface area contributed by atoms with Gasteiger partial charge in [0.15, 0.2) is 0 Å². The number of carbonyl (C=O) groups is 2. The van der Waals surface area contributed by atoms with Crippen molar-refractivity contribution in [1.29, 1.82) is 0 Å². The zero-order chi connectivity index (χ0) is 23.3. The molecule has 1 aromatic carbocycles. The fourth-order valence-corrected chi connectivity index (χ4v) is 6.07. The molecule has 3 amide bonds. The number of anilines is 1. The Hall–Kier alpha value is -2.32. The standard InChI is InChI=1S/C26H39N5O3/c32-25-27-24-6-2-1-5-21(24)7-18-31(25)23-10-16-30(17-11-23)26(33)34-20-19-28-14-8-22(9-15-28)29-12-3-4-13-29/h1-2,5-6,22-23H,3-4,7-20H2,(H,27,32). The molecule has 0 bridgehead atoms. The van der Waals surface area contributed by atoms with Crippen molar-refractivity contribution in [2.45, 2.75) is 57.0 Å². The maximum atomic E-state index is 12.8. The van der Waals surface area contributed by atoms with Gasteiger partial charge in [0, 0.05) is 44.0 Å². The normalized spacial score (nSPS) is 23.5. The minimum atomic E-state index is -0.210. The molecule has 4 heterocycles. The maximum absolute atomic E-state index is 12.8. The molecule has 0 radical (unpaired) electrons. The molecule has 0 atom stereocenters. The van der Waals surface area contributed by atoms with Crippen molar-refractivity contribution in [3.8, 4) is 0 Å². The summed E-state index contributed by atoms with van der Waals surface area (Å²) in [6.45, 7) is 8.03. The quantitative estimate of drug-likeness (QED) is 0.717. The Kier molecular flexibility index (Phi) is 7.54. The van der Waals surface area contributed by atoms with Gasteiger partial charge in [-0.05, 0) is 82.8 Å². The van der Waals surface area contributed by atoms with Crippen molar-refractivity contribution in [2.24, 2.45) is 0 Å². The largest absolute Gasteiger partial charge is 0.448 e. The van der Waals surface area contributed by atoms with Gasteiger partial charge in [-0.25, -0.2) is 9.59 Å². The van der Waals surface area contributed by atoms with Crippen molar-refractivity contribution in [3.63, 3.8) is 0 Å². The summed E-state index contributed by atoms with van der Waals surface area (Å²) in [7, 11) is 0. The van der Waals surface area contributed by atoms with Gasteiger partial charge >= 0.3 is 12.1 Å². The lowest BCUT2D eigenvalue weighted by Crippen LogP contribution is -2.50. The summed E-state index contributed by atoms with van der Waals surface area (Å²) in [4.78, 5) is 34.2. The topological polar surface area (TPSA) is 68.4 Å². The summed E-state index contributed by atoms with van der Waals surface area (Å²) in [5.74, 6) is 0. The molecule has 1 aromatic rings. The van der Waals surface area contributed by atoms with Crippen LogP contribution in [0.15, 0.2) is 24.3 Å². The molecule has 0 aromatic heterocycles. The zero-order valence-corrected chi connectivity index (χ0v) is 20.3. The molecule has 5 rings (SSSR count). The molecule has 3 fully saturated rings. The minimum absolute atomic E-state index is 0.0283. The van der Waals surface area contributed by atoms with Crippen LogP contribution in [-0.4, -0.2) is 103 Å². The Labute approximate surface area is 203 Å². The van der Waals surface area contributed by atoms with E-state index in [0.29, 0.717) is 26.2 Å². The molecule has 3 saturated heterocycles. The van der Waals surface area contributed by atoms with E-state index in [9.17, 15) is 9.59 Å². The molecule has 0 saturated carbocycles. The van der Waals surface area contributed by atoms with Crippen molar-refractivity contribution in [2.75, 3.05) is 64.3 Å². The van der Waals surface area contributed by atoms with Crippen LogP contribution in [0.2, 0.25) is 0 Å². The van der Waals surface area contributed by atoms with Gasteiger partial charge in [-0.15, -0.1) is 0 Å². The summed E-state index contributed by atoms with van der Waals surface area (Å²) in [5, 5.41) is 3.06. The second kappa shape index (κ2) is 11.0. The molecular formula is C26H39N5O3. The number of nitrogens with zero attached hydrogens (tertiary/aromatic N) is 4. The van der Waals surface area contributed by atoms with Gasteiger partial charge in [0.05, 0.1) is 0 Å². The third-order valence-corrected chi connectivity index (χ3v) is 8.15. The van der Waals surface area contributed by atoms with Crippen molar-refractivity contribution in [3.05, 3.63) is 29.8 Å². The van der Waals surface area contributed by atoms with Gasteiger partial charge < -0.3 is 24.8 Å². The first kappa shape index (κ1) is 23.4. The smallest absolute Gasteiger partial charge is 0.409 e. The van der Waals surface area contributed by atoms with Crippen LogP contribution in [0.3, 0.4) is 0 Å². The van der Waals surface area contributed by atoms with Crippen molar-refractivity contribution < 1.29 is 14.3 Å². The molecule has 0 unspecified atom stereocenters. The second-order valence-electron chi connectivity index (χ2n) is 10.2. The number of benzene rings is 1. The average Bonchev–Trinajstić information content (AvgIpc) is 3.35. The molecule has 34 heavy (non-hydrogen) atoms. The number of urea groups is 1. The predicted octanol–water partition coefficient (Wildman–Crippen LogP) is 3.24. The number of ether oxygens (including phenoxy) is 1. The number of likely N-dealkylation sites (tertiary alicyclic amines) is 3. The fourth-order valence-electron chi connectivity index (χ4n) is 6.07. The van der Waals surface area contributed by atoms with Crippen LogP contribution in [-0.2, 0) is 11.2 Å². The van der Waals surface area contributed by atoms with Gasteiger partial charge in [-0.3, -0.25) is 4.90 Å². The van der Waals surface area contributed by atoms with E-state index in [1.807, 2.05) is 23.1 Å². The average molecular weight is 470 g/mol. The lowest BCUT2D eigenvalue weighted by atomic mass is 10.0. The number of piperidine rings is 2. The lowest BCUT2D eigenvalue weighted by Gasteiger charge is -2.38. The summed E-state index contributed by atoms with van der Waals surface area (Å²) in [6.07, 6.45) is 7.41. The monoisotopic (exact) mass is 469 g/mol. The summed E-state index contributed by atoms with van der Waals surface area (Å²) >= 11 is 0.